The summed E-state index contributed by atoms with van der Waals surface area (Å²) in [6.07, 6.45) is 3.33. The summed E-state index contributed by atoms with van der Waals surface area (Å²) < 4.78 is 28.1. The third-order valence-corrected chi connectivity index (χ3v) is 8.69. The zero-order chi connectivity index (χ0) is 32.5. The van der Waals surface area contributed by atoms with E-state index in [9.17, 15) is 27.9 Å². The number of carbonyl (C=O) groups excluding carboxylic acids is 1. The van der Waals surface area contributed by atoms with Crippen LogP contribution < -0.4 is 20.9 Å². The van der Waals surface area contributed by atoms with E-state index in [2.05, 4.69) is 25.3 Å². The second kappa shape index (κ2) is 14.6. The molecule has 0 fully saturated rings. The van der Waals surface area contributed by atoms with Gasteiger partial charge in [0.05, 0.1) is 16.7 Å². The first kappa shape index (κ1) is 32.1. The number of urea groups is 1. The number of carboxylic acid groups (broad SMARTS) is 1. The lowest BCUT2D eigenvalue weighted by atomic mass is 10.0. The standard InChI is InChI=1S/C34H33N5O6S/c40-32-28-20-23(10-7-18-35-34(43)36-22-24-8-2-1-3-9-24)15-16-29(28)37-31(38-32)21-30(33(41)42)39-46(44,45)19-17-26-13-6-12-25-11-4-5-14-27(25)26/h1-16,20,30,39H,17-19,21-22H2,(H,41,42)(H2,35,36,43)(H,37,38,40)/b10-7+/t30-/m0/s1. The molecule has 0 aliphatic carbocycles. The van der Waals surface area contributed by atoms with Gasteiger partial charge < -0.3 is 20.7 Å². The lowest BCUT2D eigenvalue weighted by molar-refractivity contribution is -0.139. The van der Waals surface area contributed by atoms with Crippen molar-refractivity contribution in [2.24, 2.45) is 0 Å². The molecule has 46 heavy (non-hydrogen) atoms. The smallest absolute Gasteiger partial charge is 0.322 e. The van der Waals surface area contributed by atoms with Gasteiger partial charge in [0.25, 0.3) is 5.56 Å². The highest BCUT2D eigenvalue weighted by molar-refractivity contribution is 7.89. The number of fused-ring (bicyclic) bond motifs is 2. The SMILES string of the molecule is O=C(NC/C=C/c1ccc2nc(C[C@H](NS(=O)(=O)CCc3cccc4ccccc34)C(=O)O)[nH]c(=O)c2c1)NCc1ccccc1. The second-order valence-corrected chi connectivity index (χ2v) is 12.5. The van der Waals surface area contributed by atoms with E-state index in [1.165, 1.54) is 0 Å². The van der Waals surface area contributed by atoms with Gasteiger partial charge in [-0.2, -0.15) is 0 Å². The number of carbonyl (C=O) groups is 2. The van der Waals surface area contributed by atoms with Crippen molar-refractivity contribution in [2.75, 3.05) is 12.3 Å². The number of aryl methyl sites for hydroxylation is 1. The Kier molecular flexibility index (Phi) is 10.2. The summed E-state index contributed by atoms with van der Waals surface area (Å²) in [6.45, 7) is 0.671. The highest BCUT2D eigenvalue weighted by Crippen LogP contribution is 2.19. The molecule has 0 unspecified atom stereocenters. The lowest BCUT2D eigenvalue weighted by Crippen LogP contribution is -2.44. The van der Waals surface area contributed by atoms with Crippen LogP contribution in [0.5, 0.6) is 0 Å². The predicted octanol–water partition coefficient (Wildman–Crippen LogP) is 3.75. The number of amides is 2. The van der Waals surface area contributed by atoms with Crippen LogP contribution in [0.4, 0.5) is 4.79 Å². The summed E-state index contributed by atoms with van der Waals surface area (Å²) in [4.78, 5) is 43.9. The van der Waals surface area contributed by atoms with Gasteiger partial charge in [-0.25, -0.2) is 22.9 Å². The molecule has 0 radical (unpaired) electrons. The number of nitrogens with one attached hydrogen (secondary N) is 4. The van der Waals surface area contributed by atoms with Crippen molar-refractivity contribution in [1.82, 2.24) is 25.3 Å². The van der Waals surface area contributed by atoms with E-state index in [4.69, 9.17) is 0 Å². The molecule has 236 valence electrons. The maximum Gasteiger partial charge on any atom is 0.322 e. The minimum absolute atomic E-state index is 0.0376. The van der Waals surface area contributed by atoms with Crippen molar-refractivity contribution in [3.8, 4) is 0 Å². The van der Waals surface area contributed by atoms with Gasteiger partial charge in [0, 0.05) is 19.5 Å². The average molecular weight is 640 g/mol. The fourth-order valence-corrected chi connectivity index (χ4v) is 6.22. The van der Waals surface area contributed by atoms with E-state index in [0.29, 0.717) is 17.6 Å². The van der Waals surface area contributed by atoms with Crippen LogP contribution in [0, 0.1) is 0 Å². The van der Waals surface area contributed by atoms with Crippen molar-refractivity contribution < 1.29 is 23.1 Å². The molecule has 0 aliphatic rings. The Bertz CT molecular complexity index is 2060. The van der Waals surface area contributed by atoms with Gasteiger partial charge in [-0.3, -0.25) is 9.59 Å². The number of nitrogens with zero attached hydrogens (tertiary/aromatic N) is 1. The molecule has 5 N–H and O–H groups in total. The molecule has 2 amide bonds. The van der Waals surface area contributed by atoms with Crippen molar-refractivity contribution in [2.45, 2.75) is 25.4 Å². The first-order chi connectivity index (χ1) is 22.2. The largest absolute Gasteiger partial charge is 0.480 e. The van der Waals surface area contributed by atoms with E-state index in [1.807, 2.05) is 72.8 Å². The van der Waals surface area contributed by atoms with Crippen molar-refractivity contribution in [3.05, 3.63) is 130 Å². The number of carboxylic acids is 1. The number of hydrogen-bond donors (Lipinski definition) is 5. The summed E-state index contributed by atoms with van der Waals surface area (Å²) in [7, 11) is -3.99. The molecular weight excluding hydrogens is 606 g/mol. The van der Waals surface area contributed by atoms with Crippen LogP contribution in [-0.2, 0) is 34.2 Å². The van der Waals surface area contributed by atoms with Crippen LogP contribution >= 0.6 is 0 Å². The van der Waals surface area contributed by atoms with Crippen molar-refractivity contribution in [1.29, 1.82) is 0 Å². The number of H-pyrrole nitrogens is 1. The number of rotatable bonds is 13. The fourth-order valence-electron chi connectivity index (χ4n) is 5.00. The molecular formula is C34H33N5O6S. The summed E-state index contributed by atoms with van der Waals surface area (Å²) >= 11 is 0. The van der Waals surface area contributed by atoms with Gasteiger partial charge in [0.15, 0.2) is 0 Å². The monoisotopic (exact) mass is 639 g/mol. The number of aromatic amines is 1. The van der Waals surface area contributed by atoms with E-state index in [0.717, 1.165) is 21.9 Å². The Morgan fingerprint density at radius 3 is 2.48 bits per heavy atom. The average Bonchev–Trinajstić information content (AvgIpc) is 3.05. The van der Waals surface area contributed by atoms with Gasteiger partial charge in [-0.05, 0) is 46.0 Å². The zero-order valence-corrected chi connectivity index (χ0v) is 25.6. The first-order valence-corrected chi connectivity index (χ1v) is 16.3. The van der Waals surface area contributed by atoms with Crippen LogP contribution in [0.1, 0.15) is 22.5 Å². The summed E-state index contributed by atoms with van der Waals surface area (Å²) in [5.74, 6) is -1.66. The predicted molar refractivity (Wildman–Crippen MR) is 178 cm³/mol. The number of aliphatic carboxylic acids is 1. The Morgan fingerprint density at radius 2 is 1.67 bits per heavy atom. The summed E-state index contributed by atoms with van der Waals surface area (Å²) in [6, 6.07) is 26.0. The van der Waals surface area contributed by atoms with Crippen molar-refractivity contribution >= 4 is 49.8 Å². The van der Waals surface area contributed by atoms with Gasteiger partial charge in [-0.1, -0.05) is 91.0 Å². The number of hydrogen-bond acceptors (Lipinski definition) is 6. The van der Waals surface area contributed by atoms with Gasteiger partial charge >= 0.3 is 12.0 Å². The molecule has 12 heteroatoms. The topological polar surface area (TPSA) is 170 Å². The highest BCUT2D eigenvalue weighted by atomic mass is 32.2. The minimum Gasteiger partial charge on any atom is -0.480 e. The van der Waals surface area contributed by atoms with Gasteiger partial charge in [0.1, 0.15) is 11.9 Å². The van der Waals surface area contributed by atoms with Gasteiger partial charge in [0.2, 0.25) is 10.0 Å². The maximum absolute atomic E-state index is 12.9. The molecule has 4 aromatic carbocycles. The maximum atomic E-state index is 12.9. The molecule has 0 saturated carbocycles. The molecule has 1 heterocycles. The van der Waals surface area contributed by atoms with Crippen LogP contribution in [-0.4, -0.2) is 53.8 Å². The van der Waals surface area contributed by atoms with E-state index >= 15 is 0 Å². The normalized spacial score (nSPS) is 12.3. The third kappa shape index (κ3) is 8.65. The molecule has 0 aliphatic heterocycles. The zero-order valence-electron chi connectivity index (χ0n) is 24.8. The van der Waals surface area contributed by atoms with Crippen LogP contribution in [0.2, 0.25) is 0 Å². The van der Waals surface area contributed by atoms with E-state index < -0.39 is 27.6 Å². The number of sulfonamides is 1. The second-order valence-electron chi connectivity index (χ2n) is 10.7. The Labute approximate surface area is 265 Å². The highest BCUT2D eigenvalue weighted by Gasteiger charge is 2.25. The molecule has 0 bridgehead atoms. The summed E-state index contributed by atoms with van der Waals surface area (Å²) in [5.41, 5.74) is 2.36. The quantitative estimate of drug-likeness (QED) is 0.131. The first-order valence-electron chi connectivity index (χ1n) is 14.6. The number of benzene rings is 4. The van der Waals surface area contributed by atoms with Crippen LogP contribution in [0.25, 0.3) is 27.8 Å². The molecule has 1 aromatic heterocycles. The Morgan fingerprint density at radius 1 is 0.913 bits per heavy atom. The van der Waals surface area contributed by atoms with Crippen molar-refractivity contribution in [3.63, 3.8) is 0 Å². The van der Waals surface area contributed by atoms with E-state index in [1.54, 1.807) is 30.4 Å². The third-order valence-electron chi connectivity index (χ3n) is 7.30. The fraction of sp³-hybridized carbons (Fsp3) is 0.176. The molecule has 0 saturated heterocycles. The molecule has 11 nitrogen and oxygen atoms in total. The van der Waals surface area contributed by atoms with E-state index in [-0.39, 0.29) is 42.4 Å². The Balaban J connectivity index is 1.18. The Hall–Kier alpha value is -5.33. The van der Waals surface area contributed by atoms with Crippen LogP contribution in [0.3, 0.4) is 0 Å². The molecule has 0 spiro atoms. The molecule has 5 aromatic rings. The number of aromatic nitrogens is 2. The van der Waals surface area contributed by atoms with Crippen LogP contribution in [0.15, 0.2) is 102 Å². The van der Waals surface area contributed by atoms with Gasteiger partial charge in [-0.15, -0.1) is 0 Å². The summed E-state index contributed by atoms with van der Waals surface area (Å²) in [5, 5.41) is 17.5. The molecule has 1 atom stereocenters. The minimum atomic E-state index is -3.99. The lowest BCUT2D eigenvalue weighted by Gasteiger charge is -2.15. The molecule has 5 rings (SSSR count).